The lowest BCUT2D eigenvalue weighted by Gasteiger charge is -2.28. The molecule has 2 aliphatic rings. The summed E-state index contributed by atoms with van der Waals surface area (Å²) in [5, 5.41) is 0. The van der Waals surface area contributed by atoms with E-state index in [2.05, 4.69) is 27.7 Å². The third-order valence-corrected chi connectivity index (χ3v) is 4.80. The van der Waals surface area contributed by atoms with Gasteiger partial charge in [-0.3, -0.25) is 0 Å². The smallest absolute Gasteiger partial charge is 0.0773 e. The Hall–Kier alpha value is -0.0400. The molecule has 1 radical (unpaired) electrons. The van der Waals surface area contributed by atoms with E-state index in [0.29, 0.717) is 5.41 Å². The van der Waals surface area contributed by atoms with Crippen LogP contribution in [0.4, 0.5) is 0 Å². The second-order valence-electron chi connectivity index (χ2n) is 6.11. The maximum Gasteiger partial charge on any atom is 0.0773 e. The van der Waals surface area contributed by atoms with E-state index in [0.717, 1.165) is 31.3 Å². The Balaban J connectivity index is 1.98. The van der Waals surface area contributed by atoms with Gasteiger partial charge in [0, 0.05) is 6.61 Å². The van der Waals surface area contributed by atoms with Crippen molar-refractivity contribution in [3.63, 3.8) is 0 Å². The van der Waals surface area contributed by atoms with E-state index in [1.807, 2.05) is 0 Å². The minimum atomic E-state index is 0.236. The number of ether oxygens (including phenoxy) is 1. The molecule has 0 aromatic heterocycles. The summed E-state index contributed by atoms with van der Waals surface area (Å²) in [5.41, 5.74) is 0.665. The average Bonchev–Trinajstić information content (AvgIpc) is 2.63. The maximum absolute atomic E-state index is 6.23. The highest BCUT2D eigenvalue weighted by atomic mass is 16.5. The molecule has 87 valence electrons. The average molecular weight is 209 g/mol. The minimum absolute atomic E-state index is 0.236. The SMILES string of the molecule is [CH2]CCCOC12CC(C)CCC1C2(C)C. The van der Waals surface area contributed by atoms with Crippen LogP contribution >= 0.6 is 0 Å². The summed E-state index contributed by atoms with van der Waals surface area (Å²) in [6.07, 6.45) is 6.16. The van der Waals surface area contributed by atoms with Crippen LogP contribution in [0.3, 0.4) is 0 Å². The second-order valence-corrected chi connectivity index (χ2v) is 6.11. The van der Waals surface area contributed by atoms with Crippen molar-refractivity contribution in [1.82, 2.24) is 0 Å². The summed E-state index contributed by atoms with van der Waals surface area (Å²) in [5.74, 6) is 1.67. The van der Waals surface area contributed by atoms with E-state index in [4.69, 9.17) is 4.74 Å². The van der Waals surface area contributed by atoms with Gasteiger partial charge in [-0.05, 0) is 36.5 Å². The first-order valence-corrected chi connectivity index (χ1v) is 6.48. The van der Waals surface area contributed by atoms with Crippen LogP contribution in [-0.4, -0.2) is 12.2 Å². The number of hydrogen-bond acceptors (Lipinski definition) is 1. The first-order chi connectivity index (χ1) is 7.04. The Labute approximate surface area is 94.6 Å². The van der Waals surface area contributed by atoms with Crippen molar-refractivity contribution >= 4 is 0 Å². The summed E-state index contributed by atoms with van der Waals surface area (Å²) >= 11 is 0. The molecule has 0 amide bonds. The zero-order valence-electron chi connectivity index (χ0n) is 10.5. The van der Waals surface area contributed by atoms with Gasteiger partial charge < -0.3 is 4.74 Å². The fraction of sp³-hybridized carbons (Fsp3) is 0.929. The van der Waals surface area contributed by atoms with Crippen molar-refractivity contribution in [2.75, 3.05) is 6.61 Å². The van der Waals surface area contributed by atoms with Crippen molar-refractivity contribution in [3.05, 3.63) is 6.92 Å². The Morgan fingerprint density at radius 2 is 2.07 bits per heavy atom. The molecule has 2 rings (SSSR count). The quantitative estimate of drug-likeness (QED) is 0.639. The first-order valence-electron chi connectivity index (χ1n) is 6.48. The summed E-state index contributed by atoms with van der Waals surface area (Å²) < 4.78 is 6.23. The van der Waals surface area contributed by atoms with Crippen LogP contribution in [0.1, 0.15) is 52.9 Å². The Bertz CT molecular complexity index is 233. The molecule has 3 atom stereocenters. The third kappa shape index (κ3) is 1.63. The molecule has 0 bridgehead atoms. The Kier molecular flexibility index (Phi) is 2.87. The van der Waals surface area contributed by atoms with Gasteiger partial charge in [0.25, 0.3) is 0 Å². The molecule has 2 saturated carbocycles. The maximum atomic E-state index is 6.23. The minimum Gasteiger partial charge on any atom is -0.374 e. The van der Waals surface area contributed by atoms with Gasteiger partial charge in [0.1, 0.15) is 0 Å². The van der Waals surface area contributed by atoms with Crippen LogP contribution in [0.5, 0.6) is 0 Å². The highest BCUT2D eigenvalue weighted by Gasteiger charge is 2.72. The fourth-order valence-electron chi connectivity index (χ4n) is 3.70. The van der Waals surface area contributed by atoms with Gasteiger partial charge in [0.2, 0.25) is 0 Å². The number of fused-ring (bicyclic) bond motifs is 1. The van der Waals surface area contributed by atoms with Crippen molar-refractivity contribution in [3.8, 4) is 0 Å². The molecule has 2 fully saturated rings. The highest BCUT2D eigenvalue weighted by molar-refractivity contribution is 5.22. The molecule has 3 unspecified atom stereocenters. The highest BCUT2D eigenvalue weighted by Crippen LogP contribution is 2.70. The van der Waals surface area contributed by atoms with Crippen molar-refractivity contribution in [2.24, 2.45) is 17.3 Å². The molecule has 0 aromatic carbocycles. The topological polar surface area (TPSA) is 9.23 Å². The second kappa shape index (κ2) is 3.76. The van der Waals surface area contributed by atoms with E-state index in [1.165, 1.54) is 19.3 Å². The molecule has 1 heteroatoms. The Morgan fingerprint density at radius 3 is 2.73 bits per heavy atom. The van der Waals surface area contributed by atoms with E-state index in [1.54, 1.807) is 0 Å². The number of hydrogen-bond donors (Lipinski definition) is 0. The predicted molar refractivity (Wildman–Crippen MR) is 63.6 cm³/mol. The molecule has 0 aromatic rings. The van der Waals surface area contributed by atoms with Gasteiger partial charge in [-0.2, -0.15) is 0 Å². The normalized spacial score (nSPS) is 42.4. The Morgan fingerprint density at radius 1 is 1.33 bits per heavy atom. The van der Waals surface area contributed by atoms with Crippen LogP contribution < -0.4 is 0 Å². The summed E-state index contributed by atoms with van der Waals surface area (Å²) in [6, 6.07) is 0. The largest absolute Gasteiger partial charge is 0.374 e. The third-order valence-electron chi connectivity index (χ3n) is 4.80. The molecular weight excluding hydrogens is 184 g/mol. The van der Waals surface area contributed by atoms with Crippen LogP contribution in [0.15, 0.2) is 0 Å². The zero-order valence-corrected chi connectivity index (χ0v) is 10.5. The van der Waals surface area contributed by atoms with Gasteiger partial charge in [-0.25, -0.2) is 0 Å². The molecule has 0 spiro atoms. The van der Waals surface area contributed by atoms with Crippen molar-refractivity contribution in [2.45, 2.75) is 58.5 Å². The number of rotatable bonds is 4. The number of unbranched alkanes of at least 4 members (excludes halogenated alkanes) is 1. The van der Waals surface area contributed by atoms with Crippen molar-refractivity contribution < 1.29 is 4.74 Å². The zero-order chi connectivity index (χ0) is 11.1. The van der Waals surface area contributed by atoms with Gasteiger partial charge in [0.15, 0.2) is 0 Å². The summed E-state index contributed by atoms with van der Waals surface area (Å²) in [4.78, 5) is 0. The lowest BCUT2D eigenvalue weighted by Crippen LogP contribution is -2.28. The lowest BCUT2D eigenvalue weighted by atomic mass is 9.88. The van der Waals surface area contributed by atoms with Crippen molar-refractivity contribution in [1.29, 1.82) is 0 Å². The predicted octanol–water partition coefficient (Wildman–Crippen LogP) is 3.83. The molecule has 2 aliphatic carbocycles. The summed E-state index contributed by atoms with van der Waals surface area (Å²) in [6.45, 7) is 11.9. The van der Waals surface area contributed by atoms with E-state index >= 15 is 0 Å². The molecule has 0 heterocycles. The first kappa shape index (κ1) is 11.4. The van der Waals surface area contributed by atoms with Gasteiger partial charge in [-0.15, -0.1) is 0 Å². The monoisotopic (exact) mass is 209 g/mol. The van der Waals surface area contributed by atoms with Crippen LogP contribution in [0.25, 0.3) is 0 Å². The molecule has 0 aliphatic heterocycles. The van der Waals surface area contributed by atoms with Gasteiger partial charge in [0.05, 0.1) is 5.60 Å². The van der Waals surface area contributed by atoms with Crippen LogP contribution in [-0.2, 0) is 4.74 Å². The fourth-order valence-corrected chi connectivity index (χ4v) is 3.70. The van der Waals surface area contributed by atoms with Crippen LogP contribution in [0, 0.1) is 24.2 Å². The lowest BCUT2D eigenvalue weighted by molar-refractivity contribution is -0.0259. The summed E-state index contributed by atoms with van der Waals surface area (Å²) in [7, 11) is 0. The molecule has 0 saturated heterocycles. The van der Waals surface area contributed by atoms with Gasteiger partial charge in [-0.1, -0.05) is 40.5 Å². The van der Waals surface area contributed by atoms with E-state index in [9.17, 15) is 0 Å². The standard InChI is InChI=1S/C14H25O/c1-5-6-9-15-14-10-11(2)7-8-12(14)13(14,3)4/h11-12H,1,5-10H2,2-4H3. The molecular formula is C14H25O. The molecule has 1 nitrogen and oxygen atoms in total. The molecule has 15 heavy (non-hydrogen) atoms. The van der Waals surface area contributed by atoms with Crippen LogP contribution in [0.2, 0.25) is 0 Å². The van der Waals surface area contributed by atoms with E-state index < -0.39 is 0 Å². The molecule has 0 N–H and O–H groups in total. The van der Waals surface area contributed by atoms with Gasteiger partial charge >= 0.3 is 0 Å². The van der Waals surface area contributed by atoms with E-state index in [-0.39, 0.29) is 5.60 Å².